The van der Waals surface area contributed by atoms with Gasteiger partial charge < -0.3 is 14.6 Å². The molecule has 1 atom stereocenters. The number of piperazine rings is 1. The summed E-state index contributed by atoms with van der Waals surface area (Å²) in [4.78, 5) is 21.0. The van der Waals surface area contributed by atoms with Gasteiger partial charge in [-0.2, -0.15) is 5.10 Å². The van der Waals surface area contributed by atoms with Gasteiger partial charge >= 0.3 is 0 Å². The van der Waals surface area contributed by atoms with Crippen molar-refractivity contribution in [1.29, 1.82) is 0 Å². The van der Waals surface area contributed by atoms with Crippen molar-refractivity contribution in [3.05, 3.63) is 65.9 Å². The molecule has 1 fully saturated rings. The second-order valence-electron chi connectivity index (χ2n) is 7.48. The summed E-state index contributed by atoms with van der Waals surface area (Å²) in [5.74, 6) is 0.00839. The van der Waals surface area contributed by atoms with Crippen LogP contribution in [-0.2, 0) is 13.6 Å². The van der Waals surface area contributed by atoms with Gasteiger partial charge in [0.1, 0.15) is 12.1 Å². The molecule has 2 aromatic heterocycles. The molecule has 30 heavy (non-hydrogen) atoms. The van der Waals surface area contributed by atoms with E-state index in [0.29, 0.717) is 18.1 Å². The second kappa shape index (κ2) is 8.66. The molecule has 1 saturated heterocycles. The molecule has 0 spiro atoms. The van der Waals surface area contributed by atoms with E-state index in [1.165, 1.54) is 12.3 Å². The van der Waals surface area contributed by atoms with Crippen LogP contribution in [0, 0.1) is 5.82 Å². The predicted octanol–water partition coefficient (Wildman–Crippen LogP) is 2.36. The zero-order valence-electron chi connectivity index (χ0n) is 17.1. The lowest BCUT2D eigenvalue weighted by Gasteiger charge is -2.35. The van der Waals surface area contributed by atoms with Gasteiger partial charge in [0, 0.05) is 45.0 Å². The molecule has 8 nitrogen and oxygen atoms in total. The van der Waals surface area contributed by atoms with Gasteiger partial charge in [0.25, 0.3) is 5.91 Å². The number of aromatic nitrogens is 3. The highest BCUT2D eigenvalue weighted by Gasteiger charge is 2.22. The summed E-state index contributed by atoms with van der Waals surface area (Å²) in [5, 5.41) is 7.02. The van der Waals surface area contributed by atoms with Gasteiger partial charge in [-0.3, -0.25) is 14.4 Å². The normalized spacial score (nSPS) is 15.9. The van der Waals surface area contributed by atoms with Crippen LogP contribution in [0.4, 0.5) is 10.1 Å². The molecule has 158 valence electrons. The molecule has 1 aromatic carbocycles. The summed E-state index contributed by atoms with van der Waals surface area (Å²) in [7, 11) is 1.83. The monoisotopic (exact) mass is 412 g/mol. The molecular formula is C21H25FN6O2. The van der Waals surface area contributed by atoms with Gasteiger partial charge in [-0.15, -0.1) is 0 Å². The van der Waals surface area contributed by atoms with Crippen molar-refractivity contribution in [1.82, 2.24) is 25.0 Å². The molecule has 1 amide bonds. The van der Waals surface area contributed by atoms with Crippen molar-refractivity contribution in [2.24, 2.45) is 7.05 Å². The van der Waals surface area contributed by atoms with E-state index >= 15 is 0 Å². The maximum absolute atomic E-state index is 14.0. The SMILES string of the molecule is C[C@H](NC(=O)c1coc(CN2CCN(c3ccccc3F)CC2)n1)c1cnn(C)c1. The molecule has 0 unspecified atom stereocenters. The molecule has 3 aromatic rings. The van der Waals surface area contributed by atoms with Crippen LogP contribution < -0.4 is 10.2 Å². The Balaban J connectivity index is 1.29. The summed E-state index contributed by atoms with van der Waals surface area (Å²) >= 11 is 0. The summed E-state index contributed by atoms with van der Waals surface area (Å²) in [5.41, 5.74) is 1.81. The third-order valence-corrected chi connectivity index (χ3v) is 5.28. The van der Waals surface area contributed by atoms with Gasteiger partial charge in [-0.05, 0) is 19.1 Å². The van der Waals surface area contributed by atoms with Crippen molar-refractivity contribution in [2.75, 3.05) is 31.1 Å². The average Bonchev–Trinajstić information content (AvgIpc) is 3.38. The quantitative estimate of drug-likeness (QED) is 0.670. The molecule has 0 saturated carbocycles. The number of aryl methyl sites for hydroxylation is 1. The van der Waals surface area contributed by atoms with Crippen LogP contribution in [-0.4, -0.2) is 51.8 Å². The molecule has 4 rings (SSSR count). The number of para-hydroxylation sites is 1. The molecule has 1 N–H and O–H groups in total. The number of hydrogen-bond acceptors (Lipinski definition) is 6. The lowest BCUT2D eigenvalue weighted by atomic mass is 10.2. The van der Waals surface area contributed by atoms with Crippen LogP contribution in [0.25, 0.3) is 0 Å². The number of oxazole rings is 1. The highest BCUT2D eigenvalue weighted by molar-refractivity contribution is 5.92. The Labute approximate surface area is 174 Å². The molecule has 0 aliphatic carbocycles. The Morgan fingerprint density at radius 3 is 2.73 bits per heavy atom. The third kappa shape index (κ3) is 4.51. The zero-order chi connectivity index (χ0) is 21.1. The number of rotatable bonds is 6. The minimum atomic E-state index is -0.286. The minimum Gasteiger partial charge on any atom is -0.447 e. The topological polar surface area (TPSA) is 79.4 Å². The molecular weight excluding hydrogens is 387 g/mol. The minimum absolute atomic E-state index is 0.183. The number of halogens is 1. The molecule has 0 radical (unpaired) electrons. The Morgan fingerprint density at radius 2 is 2.03 bits per heavy atom. The fraction of sp³-hybridized carbons (Fsp3) is 0.381. The van der Waals surface area contributed by atoms with Crippen LogP contribution in [0.2, 0.25) is 0 Å². The van der Waals surface area contributed by atoms with Gasteiger partial charge in [0.2, 0.25) is 5.89 Å². The summed E-state index contributed by atoms with van der Waals surface area (Å²) in [6, 6.07) is 6.65. The van der Waals surface area contributed by atoms with Crippen molar-refractivity contribution < 1.29 is 13.6 Å². The smallest absolute Gasteiger partial charge is 0.273 e. The fourth-order valence-electron chi connectivity index (χ4n) is 3.55. The first-order chi connectivity index (χ1) is 14.5. The number of nitrogens with zero attached hydrogens (tertiary/aromatic N) is 5. The Bertz CT molecular complexity index is 1010. The number of hydrogen-bond donors (Lipinski definition) is 1. The lowest BCUT2D eigenvalue weighted by Crippen LogP contribution is -2.46. The summed E-state index contributed by atoms with van der Waals surface area (Å²) < 4.78 is 21.2. The van der Waals surface area contributed by atoms with Crippen LogP contribution in [0.15, 0.2) is 47.3 Å². The van der Waals surface area contributed by atoms with E-state index in [1.54, 1.807) is 23.0 Å². The second-order valence-corrected chi connectivity index (χ2v) is 7.48. The fourth-order valence-corrected chi connectivity index (χ4v) is 3.55. The van der Waals surface area contributed by atoms with Crippen molar-refractivity contribution in [3.8, 4) is 0 Å². The number of benzene rings is 1. The maximum Gasteiger partial charge on any atom is 0.273 e. The van der Waals surface area contributed by atoms with Crippen molar-refractivity contribution in [3.63, 3.8) is 0 Å². The zero-order valence-corrected chi connectivity index (χ0v) is 17.1. The predicted molar refractivity (Wildman–Crippen MR) is 109 cm³/mol. The number of carbonyl (C=O) groups excluding carboxylic acids is 1. The van der Waals surface area contributed by atoms with Crippen LogP contribution in [0.3, 0.4) is 0 Å². The average molecular weight is 412 g/mol. The number of anilines is 1. The van der Waals surface area contributed by atoms with Crippen molar-refractivity contribution in [2.45, 2.75) is 19.5 Å². The first-order valence-corrected chi connectivity index (χ1v) is 9.95. The first-order valence-electron chi connectivity index (χ1n) is 9.95. The lowest BCUT2D eigenvalue weighted by molar-refractivity contribution is 0.0934. The Hall–Kier alpha value is -3.20. The third-order valence-electron chi connectivity index (χ3n) is 5.28. The van der Waals surface area contributed by atoms with Gasteiger partial charge in [-0.25, -0.2) is 9.37 Å². The first kappa shape index (κ1) is 20.1. The van der Waals surface area contributed by atoms with Gasteiger partial charge in [-0.1, -0.05) is 12.1 Å². The molecule has 1 aliphatic heterocycles. The van der Waals surface area contributed by atoms with E-state index in [9.17, 15) is 9.18 Å². The van der Waals surface area contributed by atoms with Crippen LogP contribution in [0.5, 0.6) is 0 Å². The number of amides is 1. The molecule has 3 heterocycles. The van der Waals surface area contributed by atoms with E-state index in [-0.39, 0.29) is 23.5 Å². The summed E-state index contributed by atoms with van der Waals surface area (Å²) in [6.07, 6.45) is 4.97. The molecule has 1 aliphatic rings. The van der Waals surface area contributed by atoms with Crippen LogP contribution >= 0.6 is 0 Å². The van der Waals surface area contributed by atoms with E-state index in [0.717, 1.165) is 31.7 Å². The highest BCUT2D eigenvalue weighted by atomic mass is 19.1. The Morgan fingerprint density at radius 1 is 1.27 bits per heavy atom. The number of carbonyl (C=O) groups is 1. The number of nitrogens with one attached hydrogen (secondary N) is 1. The van der Waals surface area contributed by atoms with Gasteiger partial charge in [0.15, 0.2) is 5.69 Å². The van der Waals surface area contributed by atoms with E-state index in [4.69, 9.17) is 4.42 Å². The van der Waals surface area contributed by atoms with E-state index in [1.807, 2.05) is 31.1 Å². The Kier molecular flexibility index (Phi) is 5.80. The van der Waals surface area contributed by atoms with Gasteiger partial charge in [0.05, 0.1) is 24.5 Å². The highest BCUT2D eigenvalue weighted by Crippen LogP contribution is 2.21. The maximum atomic E-state index is 14.0. The van der Waals surface area contributed by atoms with E-state index in [2.05, 4.69) is 20.3 Å². The molecule has 9 heteroatoms. The summed E-state index contributed by atoms with van der Waals surface area (Å²) in [6.45, 7) is 5.36. The van der Waals surface area contributed by atoms with Crippen LogP contribution in [0.1, 0.15) is 34.9 Å². The van der Waals surface area contributed by atoms with Crippen molar-refractivity contribution >= 4 is 11.6 Å². The standard InChI is InChI=1S/C21H25FN6O2/c1-15(16-11-23-26(2)12-16)24-21(29)18-14-30-20(25-18)13-27-7-9-28(10-8-27)19-6-4-3-5-17(19)22/h3-6,11-12,14-15H,7-10,13H2,1-2H3,(H,24,29)/t15-/m0/s1. The van der Waals surface area contributed by atoms with E-state index < -0.39 is 0 Å². The molecule has 0 bridgehead atoms. The largest absolute Gasteiger partial charge is 0.447 e.